The van der Waals surface area contributed by atoms with E-state index in [0.29, 0.717) is 0 Å². The summed E-state index contributed by atoms with van der Waals surface area (Å²) in [6.45, 7) is 0.756. The van der Waals surface area contributed by atoms with Crippen molar-refractivity contribution in [3.8, 4) is 0 Å². The molecule has 2 nitrogen and oxygen atoms in total. The van der Waals surface area contributed by atoms with Crippen molar-refractivity contribution in [1.29, 1.82) is 0 Å². The minimum absolute atomic E-state index is 0.258. The lowest BCUT2D eigenvalue weighted by Crippen LogP contribution is -2.56. The van der Waals surface area contributed by atoms with Crippen LogP contribution < -0.4 is 0 Å². The maximum Gasteiger partial charge on any atom is 0.120 e. The normalized spacial score (nSPS) is 52.4. The Morgan fingerprint density at radius 3 is 2.40 bits per heavy atom. The molecule has 15 heavy (non-hydrogen) atoms. The van der Waals surface area contributed by atoms with Crippen LogP contribution in [0, 0.1) is 17.3 Å². The van der Waals surface area contributed by atoms with Gasteiger partial charge in [-0.2, -0.15) is 0 Å². The fourth-order valence-electron chi connectivity index (χ4n) is 4.83. The van der Waals surface area contributed by atoms with Gasteiger partial charge < -0.3 is 9.84 Å². The molecule has 4 saturated carbocycles. The summed E-state index contributed by atoms with van der Waals surface area (Å²) in [5, 5.41) is 10.5. The number of hydrogen-bond donors (Lipinski definition) is 1. The first-order chi connectivity index (χ1) is 7.13. The quantitative estimate of drug-likeness (QED) is 0.755. The first-order valence-electron chi connectivity index (χ1n) is 5.99. The molecular formula is C12H19ClO2. The van der Waals surface area contributed by atoms with Crippen molar-refractivity contribution in [3.63, 3.8) is 0 Å². The van der Waals surface area contributed by atoms with Crippen molar-refractivity contribution in [2.45, 2.75) is 44.1 Å². The highest BCUT2D eigenvalue weighted by Crippen LogP contribution is 2.61. The monoisotopic (exact) mass is 230 g/mol. The zero-order chi connectivity index (χ0) is 10.5. The topological polar surface area (TPSA) is 29.5 Å². The van der Waals surface area contributed by atoms with E-state index < -0.39 is 0 Å². The van der Waals surface area contributed by atoms with Gasteiger partial charge in [-0.1, -0.05) is 11.6 Å². The molecule has 0 aromatic carbocycles. The molecule has 1 N–H and O–H groups in total. The molecule has 4 bridgehead atoms. The van der Waals surface area contributed by atoms with Crippen molar-refractivity contribution >= 4 is 11.6 Å². The van der Waals surface area contributed by atoms with Crippen LogP contribution in [-0.4, -0.2) is 23.4 Å². The third-order valence-corrected chi connectivity index (χ3v) is 4.79. The molecule has 0 aliphatic heterocycles. The second kappa shape index (κ2) is 3.35. The summed E-state index contributed by atoms with van der Waals surface area (Å²) in [5.41, 5.74) is -0.104. The van der Waals surface area contributed by atoms with E-state index in [1.807, 2.05) is 0 Å². The van der Waals surface area contributed by atoms with Gasteiger partial charge in [0.2, 0.25) is 0 Å². The fourth-order valence-corrected chi connectivity index (χ4v) is 4.90. The highest BCUT2D eigenvalue weighted by Gasteiger charge is 2.57. The van der Waals surface area contributed by atoms with Crippen molar-refractivity contribution in [1.82, 2.24) is 0 Å². The molecule has 4 aliphatic carbocycles. The van der Waals surface area contributed by atoms with Crippen LogP contribution >= 0.6 is 11.6 Å². The summed E-state index contributed by atoms with van der Waals surface area (Å²) >= 11 is 5.59. The van der Waals surface area contributed by atoms with Gasteiger partial charge in [0.1, 0.15) is 6.07 Å². The van der Waals surface area contributed by atoms with E-state index in [4.69, 9.17) is 16.3 Å². The number of ether oxygens (including phenoxy) is 1. The summed E-state index contributed by atoms with van der Waals surface area (Å²) in [5.74, 6) is 1.49. The Bertz CT molecular complexity index is 252. The van der Waals surface area contributed by atoms with Crippen LogP contribution in [0.15, 0.2) is 0 Å². The Balaban J connectivity index is 1.80. The molecule has 0 saturated heterocycles. The molecule has 4 rings (SSSR count). The Morgan fingerprint density at radius 1 is 1.20 bits per heavy atom. The highest BCUT2D eigenvalue weighted by atomic mass is 35.5. The molecule has 3 heteroatoms. The predicted octanol–water partition coefficient (Wildman–Crippen LogP) is 2.53. The molecule has 0 aromatic heterocycles. The van der Waals surface area contributed by atoms with Crippen LogP contribution in [0.1, 0.15) is 38.5 Å². The van der Waals surface area contributed by atoms with Crippen molar-refractivity contribution in [2.75, 3.05) is 12.7 Å². The highest BCUT2D eigenvalue weighted by molar-refractivity contribution is 6.17. The second-order valence-corrected chi connectivity index (χ2v) is 6.36. The zero-order valence-corrected chi connectivity index (χ0v) is 9.80. The molecule has 0 aromatic rings. The lowest BCUT2D eigenvalue weighted by atomic mass is 9.48. The van der Waals surface area contributed by atoms with Crippen LogP contribution in [0.3, 0.4) is 0 Å². The van der Waals surface area contributed by atoms with Crippen molar-refractivity contribution in [2.24, 2.45) is 17.3 Å². The SMILES string of the molecule is OC12CC3CC(C1)CC(COCCl)(C3)C2. The van der Waals surface area contributed by atoms with Crippen LogP contribution in [0.2, 0.25) is 0 Å². The average Bonchev–Trinajstić information content (AvgIpc) is 2.10. The van der Waals surface area contributed by atoms with E-state index in [1.165, 1.54) is 19.3 Å². The van der Waals surface area contributed by atoms with E-state index in [-0.39, 0.29) is 17.1 Å². The largest absolute Gasteiger partial charge is 0.390 e. The third kappa shape index (κ3) is 1.71. The molecule has 2 atom stereocenters. The number of halogens is 1. The summed E-state index contributed by atoms with van der Waals surface area (Å²) in [6, 6.07) is 0.287. The molecule has 0 radical (unpaired) electrons. The maximum atomic E-state index is 10.5. The van der Waals surface area contributed by atoms with Gasteiger partial charge in [-0.3, -0.25) is 0 Å². The third-order valence-electron chi connectivity index (χ3n) is 4.64. The number of alkyl halides is 1. The minimum atomic E-state index is -0.361. The second-order valence-electron chi connectivity index (χ2n) is 6.14. The van der Waals surface area contributed by atoms with E-state index >= 15 is 0 Å². The molecule has 0 amide bonds. The van der Waals surface area contributed by atoms with Gasteiger partial charge in [0.25, 0.3) is 0 Å². The Labute approximate surface area is 95.9 Å². The molecule has 86 valence electrons. The van der Waals surface area contributed by atoms with Gasteiger partial charge in [-0.25, -0.2) is 0 Å². The van der Waals surface area contributed by atoms with Crippen LogP contribution in [0.25, 0.3) is 0 Å². The lowest BCUT2D eigenvalue weighted by molar-refractivity contribution is -0.178. The van der Waals surface area contributed by atoms with Gasteiger partial charge in [0.05, 0.1) is 12.2 Å². The number of aliphatic hydroxyl groups is 1. The van der Waals surface area contributed by atoms with Gasteiger partial charge in [0.15, 0.2) is 0 Å². The Hall–Kier alpha value is 0.210. The molecule has 4 fully saturated rings. The smallest absolute Gasteiger partial charge is 0.120 e. The average molecular weight is 231 g/mol. The van der Waals surface area contributed by atoms with Crippen LogP contribution in [0.5, 0.6) is 0 Å². The summed E-state index contributed by atoms with van der Waals surface area (Å²) in [4.78, 5) is 0. The van der Waals surface area contributed by atoms with Crippen molar-refractivity contribution < 1.29 is 9.84 Å². The fraction of sp³-hybridized carbons (Fsp3) is 1.00. The van der Waals surface area contributed by atoms with E-state index in [2.05, 4.69) is 0 Å². The molecule has 0 heterocycles. The van der Waals surface area contributed by atoms with Gasteiger partial charge in [-0.15, -0.1) is 0 Å². The lowest BCUT2D eigenvalue weighted by Gasteiger charge is -2.60. The van der Waals surface area contributed by atoms with Crippen molar-refractivity contribution in [3.05, 3.63) is 0 Å². The van der Waals surface area contributed by atoms with Gasteiger partial charge >= 0.3 is 0 Å². The molecular weight excluding hydrogens is 212 g/mol. The Kier molecular flexibility index (Phi) is 2.32. The Morgan fingerprint density at radius 2 is 1.87 bits per heavy atom. The zero-order valence-electron chi connectivity index (χ0n) is 9.04. The van der Waals surface area contributed by atoms with Gasteiger partial charge in [0, 0.05) is 0 Å². The van der Waals surface area contributed by atoms with Crippen LogP contribution in [-0.2, 0) is 4.74 Å². The van der Waals surface area contributed by atoms with E-state index in [1.54, 1.807) is 0 Å². The first-order valence-corrected chi connectivity index (χ1v) is 6.53. The summed E-state index contributed by atoms with van der Waals surface area (Å²) in [7, 11) is 0. The summed E-state index contributed by atoms with van der Waals surface area (Å²) in [6.07, 6.45) is 6.86. The maximum absolute atomic E-state index is 10.5. The predicted molar refractivity (Wildman–Crippen MR) is 58.7 cm³/mol. The summed E-state index contributed by atoms with van der Waals surface area (Å²) < 4.78 is 5.42. The van der Waals surface area contributed by atoms with E-state index in [9.17, 15) is 5.11 Å². The standard InChI is InChI=1S/C12H19ClO2/c13-8-15-7-11-2-9-1-10(3-11)5-12(14,4-9)6-11/h9-10,14H,1-8H2. The van der Waals surface area contributed by atoms with E-state index in [0.717, 1.165) is 37.7 Å². The van der Waals surface area contributed by atoms with Crippen LogP contribution in [0.4, 0.5) is 0 Å². The molecule has 0 spiro atoms. The minimum Gasteiger partial charge on any atom is -0.390 e. The molecule has 4 aliphatic rings. The number of hydrogen-bond acceptors (Lipinski definition) is 2. The first kappa shape index (κ1) is 10.4. The molecule has 2 unspecified atom stereocenters. The van der Waals surface area contributed by atoms with Gasteiger partial charge in [-0.05, 0) is 55.8 Å². The number of rotatable bonds is 3.